The number of rotatable bonds is 5. The van der Waals surface area contributed by atoms with Crippen molar-refractivity contribution in [3.8, 4) is 11.5 Å². The van der Waals surface area contributed by atoms with Gasteiger partial charge in [-0.1, -0.05) is 12.1 Å². The van der Waals surface area contributed by atoms with Gasteiger partial charge in [-0.15, -0.1) is 0 Å². The first kappa shape index (κ1) is 13.4. The van der Waals surface area contributed by atoms with Crippen molar-refractivity contribution in [1.29, 1.82) is 0 Å². The average Bonchev–Trinajstić information content (AvgIpc) is 2.43. The standard InChI is InChI=1S/C15H18N2O2/c1-11-3-8-15(18)14(17-11)10-16-9-12-4-6-13(19-2)7-5-12/h3-8,16,18H,9-10H2,1-2H3. The van der Waals surface area contributed by atoms with E-state index in [1.54, 1.807) is 19.2 Å². The van der Waals surface area contributed by atoms with Crippen LogP contribution in [0.4, 0.5) is 0 Å². The van der Waals surface area contributed by atoms with Crippen molar-refractivity contribution in [3.63, 3.8) is 0 Å². The molecule has 100 valence electrons. The summed E-state index contributed by atoms with van der Waals surface area (Å²) in [7, 11) is 1.65. The summed E-state index contributed by atoms with van der Waals surface area (Å²) < 4.78 is 5.11. The van der Waals surface area contributed by atoms with Crippen LogP contribution in [-0.4, -0.2) is 17.2 Å². The topological polar surface area (TPSA) is 54.4 Å². The number of aromatic hydroxyl groups is 1. The van der Waals surface area contributed by atoms with Crippen LogP contribution in [0.5, 0.6) is 11.5 Å². The lowest BCUT2D eigenvalue weighted by Gasteiger charge is -2.07. The largest absolute Gasteiger partial charge is 0.506 e. The van der Waals surface area contributed by atoms with E-state index in [1.165, 1.54) is 0 Å². The predicted molar refractivity (Wildman–Crippen MR) is 74.2 cm³/mol. The summed E-state index contributed by atoms with van der Waals surface area (Å²) in [6.07, 6.45) is 0. The molecule has 0 amide bonds. The summed E-state index contributed by atoms with van der Waals surface area (Å²) in [5, 5.41) is 12.9. The van der Waals surface area contributed by atoms with E-state index in [0.717, 1.165) is 23.6 Å². The van der Waals surface area contributed by atoms with Crippen LogP contribution in [0.15, 0.2) is 36.4 Å². The number of hydrogen-bond donors (Lipinski definition) is 2. The van der Waals surface area contributed by atoms with Crippen molar-refractivity contribution >= 4 is 0 Å². The lowest BCUT2D eigenvalue weighted by molar-refractivity contribution is 0.414. The molecule has 4 nitrogen and oxygen atoms in total. The van der Waals surface area contributed by atoms with E-state index in [9.17, 15) is 5.11 Å². The Kier molecular flexibility index (Phi) is 4.36. The highest BCUT2D eigenvalue weighted by Crippen LogP contribution is 2.15. The maximum Gasteiger partial charge on any atom is 0.138 e. The molecular weight excluding hydrogens is 240 g/mol. The maximum atomic E-state index is 9.68. The van der Waals surface area contributed by atoms with Gasteiger partial charge in [0.25, 0.3) is 0 Å². The SMILES string of the molecule is COc1ccc(CNCc2nc(C)ccc2O)cc1. The molecule has 0 aliphatic carbocycles. The Morgan fingerprint density at radius 1 is 1.11 bits per heavy atom. The minimum absolute atomic E-state index is 0.229. The number of hydrogen-bond acceptors (Lipinski definition) is 4. The molecule has 2 rings (SSSR count). The molecule has 4 heteroatoms. The van der Waals surface area contributed by atoms with Crippen LogP contribution in [0.25, 0.3) is 0 Å². The smallest absolute Gasteiger partial charge is 0.138 e. The number of methoxy groups -OCH3 is 1. The monoisotopic (exact) mass is 258 g/mol. The van der Waals surface area contributed by atoms with Gasteiger partial charge >= 0.3 is 0 Å². The molecule has 0 saturated carbocycles. The van der Waals surface area contributed by atoms with Crippen molar-refractivity contribution in [2.75, 3.05) is 7.11 Å². The maximum absolute atomic E-state index is 9.68. The molecule has 1 aromatic carbocycles. The van der Waals surface area contributed by atoms with Gasteiger partial charge in [-0.3, -0.25) is 4.98 Å². The van der Waals surface area contributed by atoms with E-state index >= 15 is 0 Å². The van der Waals surface area contributed by atoms with Crippen LogP contribution in [0.1, 0.15) is 17.0 Å². The quantitative estimate of drug-likeness (QED) is 0.864. The fourth-order valence-electron chi connectivity index (χ4n) is 1.80. The van der Waals surface area contributed by atoms with E-state index in [-0.39, 0.29) is 5.75 Å². The first-order chi connectivity index (χ1) is 9.19. The second-order valence-electron chi connectivity index (χ2n) is 4.37. The Bertz CT molecular complexity index is 538. The second-order valence-corrected chi connectivity index (χ2v) is 4.37. The number of pyridine rings is 1. The molecule has 0 bridgehead atoms. The van der Waals surface area contributed by atoms with Gasteiger partial charge in [-0.05, 0) is 36.8 Å². The van der Waals surface area contributed by atoms with E-state index in [1.807, 2.05) is 31.2 Å². The zero-order valence-electron chi connectivity index (χ0n) is 11.2. The average molecular weight is 258 g/mol. The van der Waals surface area contributed by atoms with Crippen LogP contribution >= 0.6 is 0 Å². The first-order valence-corrected chi connectivity index (χ1v) is 6.18. The zero-order valence-corrected chi connectivity index (χ0v) is 11.2. The van der Waals surface area contributed by atoms with Crippen molar-refractivity contribution in [3.05, 3.63) is 53.3 Å². The highest BCUT2D eigenvalue weighted by molar-refractivity contribution is 5.28. The number of ether oxygens (including phenoxy) is 1. The zero-order chi connectivity index (χ0) is 13.7. The number of nitrogens with one attached hydrogen (secondary N) is 1. The van der Waals surface area contributed by atoms with Crippen LogP contribution in [0.3, 0.4) is 0 Å². The molecule has 0 fully saturated rings. The van der Waals surface area contributed by atoms with Crippen molar-refractivity contribution in [1.82, 2.24) is 10.3 Å². The summed E-state index contributed by atoms with van der Waals surface area (Å²) in [4.78, 5) is 4.30. The normalized spacial score (nSPS) is 10.4. The number of benzene rings is 1. The number of aromatic nitrogens is 1. The predicted octanol–water partition coefficient (Wildman–Crippen LogP) is 2.39. The van der Waals surface area contributed by atoms with E-state index in [4.69, 9.17) is 4.74 Å². The fraction of sp³-hybridized carbons (Fsp3) is 0.267. The lowest BCUT2D eigenvalue weighted by atomic mass is 10.2. The van der Waals surface area contributed by atoms with Gasteiger partial charge in [-0.2, -0.15) is 0 Å². The Balaban J connectivity index is 1.90. The van der Waals surface area contributed by atoms with Crippen LogP contribution in [-0.2, 0) is 13.1 Å². The van der Waals surface area contributed by atoms with Gasteiger partial charge in [0.05, 0.1) is 12.8 Å². The summed E-state index contributed by atoms with van der Waals surface area (Å²) in [5.74, 6) is 1.08. The molecule has 2 aromatic rings. The lowest BCUT2D eigenvalue weighted by Crippen LogP contribution is -2.14. The Labute approximate surface area is 113 Å². The molecular formula is C15H18N2O2. The summed E-state index contributed by atoms with van der Waals surface area (Å²) in [5.41, 5.74) is 2.74. The van der Waals surface area contributed by atoms with Gasteiger partial charge in [0, 0.05) is 18.8 Å². The van der Waals surface area contributed by atoms with Gasteiger partial charge in [-0.25, -0.2) is 0 Å². The molecule has 0 atom stereocenters. The molecule has 2 N–H and O–H groups in total. The molecule has 0 radical (unpaired) electrons. The summed E-state index contributed by atoms with van der Waals surface area (Å²) >= 11 is 0. The molecule has 0 aliphatic rings. The first-order valence-electron chi connectivity index (χ1n) is 6.18. The highest BCUT2D eigenvalue weighted by atomic mass is 16.5. The number of aryl methyl sites for hydroxylation is 1. The van der Waals surface area contributed by atoms with Crippen LogP contribution in [0, 0.1) is 6.92 Å². The van der Waals surface area contributed by atoms with Crippen molar-refractivity contribution in [2.45, 2.75) is 20.0 Å². The third-order valence-electron chi connectivity index (χ3n) is 2.87. The molecule has 1 heterocycles. The van der Waals surface area contributed by atoms with Gasteiger partial charge in [0.15, 0.2) is 0 Å². The molecule has 1 aromatic heterocycles. The minimum Gasteiger partial charge on any atom is -0.506 e. The Hall–Kier alpha value is -2.07. The highest BCUT2D eigenvalue weighted by Gasteiger charge is 2.02. The van der Waals surface area contributed by atoms with E-state index in [2.05, 4.69) is 10.3 Å². The Morgan fingerprint density at radius 2 is 1.84 bits per heavy atom. The minimum atomic E-state index is 0.229. The molecule has 0 unspecified atom stereocenters. The summed E-state index contributed by atoms with van der Waals surface area (Å²) in [6, 6.07) is 11.3. The van der Waals surface area contributed by atoms with Gasteiger partial charge in [0.2, 0.25) is 0 Å². The molecule has 0 spiro atoms. The van der Waals surface area contributed by atoms with Crippen LogP contribution < -0.4 is 10.1 Å². The van der Waals surface area contributed by atoms with Gasteiger partial charge < -0.3 is 15.2 Å². The van der Waals surface area contributed by atoms with E-state index in [0.29, 0.717) is 12.2 Å². The third-order valence-corrected chi connectivity index (χ3v) is 2.87. The fourth-order valence-corrected chi connectivity index (χ4v) is 1.80. The van der Waals surface area contributed by atoms with Crippen molar-refractivity contribution in [2.24, 2.45) is 0 Å². The molecule has 19 heavy (non-hydrogen) atoms. The third kappa shape index (κ3) is 3.69. The summed E-state index contributed by atoms with van der Waals surface area (Å²) in [6.45, 7) is 3.17. The molecule has 0 saturated heterocycles. The Morgan fingerprint density at radius 3 is 2.53 bits per heavy atom. The van der Waals surface area contributed by atoms with E-state index < -0.39 is 0 Å². The van der Waals surface area contributed by atoms with Crippen molar-refractivity contribution < 1.29 is 9.84 Å². The second kappa shape index (κ2) is 6.20. The van der Waals surface area contributed by atoms with Gasteiger partial charge in [0.1, 0.15) is 11.5 Å². The molecule has 0 aliphatic heterocycles. The number of nitrogens with zero attached hydrogens (tertiary/aromatic N) is 1. The van der Waals surface area contributed by atoms with Crippen LogP contribution in [0.2, 0.25) is 0 Å².